The summed E-state index contributed by atoms with van der Waals surface area (Å²) >= 11 is 0. The summed E-state index contributed by atoms with van der Waals surface area (Å²) in [6, 6.07) is 0.0281. The molecule has 1 saturated carbocycles. The van der Waals surface area contributed by atoms with Crippen LogP contribution in [0.2, 0.25) is 0 Å². The molecular weight excluding hydrogens is 237 g/mol. The largest absolute Gasteiger partial charge is 0.445 e. The normalized spacial score (nSPS) is 25.4. The maximum atomic E-state index is 11.9. The minimum Gasteiger partial charge on any atom is -0.445 e. The molecule has 2 unspecified atom stereocenters. The third-order valence-corrected chi connectivity index (χ3v) is 2.76. The van der Waals surface area contributed by atoms with Crippen LogP contribution in [-0.4, -0.2) is 38.0 Å². The number of rotatable bonds is 3. The van der Waals surface area contributed by atoms with E-state index in [2.05, 4.69) is 5.32 Å². The fourth-order valence-electron chi connectivity index (χ4n) is 1.92. The topological polar surface area (TPSA) is 50.4 Å². The van der Waals surface area contributed by atoms with Gasteiger partial charge >= 0.3 is 12.3 Å². The van der Waals surface area contributed by atoms with E-state index in [-0.39, 0.29) is 12.1 Å². The van der Waals surface area contributed by atoms with Crippen molar-refractivity contribution in [2.24, 2.45) is 0 Å². The average molecular weight is 254 g/mol. The van der Waals surface area contributed by atoms with Crippen LogP contribution in [0.5, 0.6) is 0 Å². The van der Waals surface area contributed by atoms with Crippen molar-refractivity contribution in [3.63, 3.8) is 0 Å². The van der Waals surface area contributed by atoms with Crippen LogP contribution in [0, 0.1) is 0 Å². The predicted octanol–water partition coefficient (Wildman–Crippen LogP) is 1.81. The molecule has 0 bridgehead atoms. The highest BCUT2D eigenvalue weighted by Crippen LogP contribution is 2.21. The van der Waals surface area contributed by atoms with Gasteiger partial charge < -0.3 is 15.4 Å². The Hall–Kier alpha value is -0.980. The molecule has 1 rings (SSSR count). The van der Waals surface area contributed by atoms with Crippen LogP contribution in [0.15, 0.2) is 0 Å². The summed E-state index contributed by atoms with van der Waals surface area (Å²) in [5.74, 6) is 0. The van der Waals surface area contributed by atoms with Crippen molar-refractivity contribution >= 4 is 6.09 Å². The number of likely N-dealkylation sites (N-methyl/N-ethyl adjacent to an activating group) is 1. The molecule has 1 aliphatic rings. The number of amides is 1. The van der Waals surface area contributed by atoms with E-state index in [4.69, 9.17) is 4.74 Å². The van der Waals surface area contributed by atoms with Crippen LogP contribution < -0.4 is 10.6 Å². The van der Waals surface area contributed by atoms with Crippen LogP contribution in [0.1, 0.15) is 25.7 Å². The van der Waals surface area contributed by atoms with Crippen LogP contribution >= 0.6 is 0 Å². The van der Waals surface area contributed by atoms with Gasteiger partial charge in [-0.15, -0.1) is 0 Å². The Morgan fingerprint density at radius 3 is 2.59 bits per heavy atom. The molecule has 100 valence electrons. The molecule has 0 radical (unpaired) electrons. The Morgan fingerprint density at radius 1 is 1.35 bits per heavy atom. The van der Waals surface area contributed by atoms with Gasteiger partial charge in [0.25, 0.3) is 0 Å². The monoisotopic (exact) mass is 254 g/mol. The van der Waals surface area contributed by atoms with Crippen molar-refractivity contribution in [2.75, 3.05) is 13.6 Å². The lowest BCUT2D eigenvalue weighted by Gasteiger charge is -2.30. The summed E-state index contributed by atoms with van der Waals surface area (Å²) in [5, 5.41) is 4.71. The van der Waals surface area contributed by atoms with Crippen LogP contribution in [0.3, 0.4) is 0 Å². The molecule has 0 aromatic carbocycles. The number of nitrogens with one attached hydrogen (secondary N) is 2. The minimum atomic E-state index is -4.41. The fourth-order valence-corrected chi connectivity index (χ4v) is 1.92. The van der Waals surface area contributed by atoms with E-state index >= 15 is 0 Å². The van der Waals surface area contributed by atoms with E-state index in [1.165, 1.54) is 0 Å². The Kier molecular flexibility index (Phi) is 5.04. The molecule has 0 saturated heterocycles. The molecule has 1 fully saturated rings. The first-order valence-corrected chi connectivity index (χ1v) is 5.61. The lowest BCUT2D eigenvalue weighted by Crippen LogP contribution is -2.45. The number of hydrogen-bond acceptors (Lipinski definition) is 3. The second-order valence-corrected chi connectivity index (χ2v) is 4.09. The van der Waals surface area contributed by atoms with E-state index in [1.807, 2.05) is 0 Å². The van der Waals surface area contributed by atoms with Crippen molar-refractivity contribution in [3.05, 3.63) is 0 Å². The average Bonchev–Trinajstić information content (AvgIpc) is 2.26. The lowest BCUT2D eigenvalue weighted by atomic mass is 9.92. The Morgan fingerprint density at radius 2 is 2.00 bits per heavy atom. The number of halogens is 3. The minimum absolute atomic E-state index is 0.0281. The molecule has 2 atom stereocenters. The third kappa shape index (κ3) is 5.25. The first-order chi connectivity index (χ1) is 7.92. The highest BCUT2D eigenvalue weighted by Gasteiger charge is 2.30. The quantitative estimate of drug-likeness (QED) is 0.807. The van der Waals surface area contributed by atoms with Crippen molar-refractivity contribution in [2.45, 2.75) is 44.0 Å². The molecule has 7 heteroatoms. The summed E-state index contributed by atoms with van der Waals surface area (Å²) < 4.78 is 40.5. The number of hydrogen-bond donors (Lipinski definition) is 2. The zero-order chi connectivity index (χ0) is 12.9. The highest BCUT2D eigenvalue weighted by molar-refractivity contribution is 5.67. The molecule has 1 aliphatic carbocycles. The van der Waals surface area contributed by atoms with Gasteiger partial charge in [-0.05, 0) is 26.3 Å². The molecule has 0 aromatic rings. The van der Waals surface area contributed by atoms with Crippen LogP contribution in [0.25, 0.3) is 0 Å². The Labute approximate surface area is 97.9 Å². The van der Waals surface area contributed by atoms with Gasteiger partial charge in [-0.2, -0.15) is 13.2 Å². The number of ether oxygens (including phenoxy) is 1. The SMILES string of the molecule is CNC1CCCCC1OC(=O)NCC(F)(F)F. The molecule has 4 nitrogen and oxygen atoms in total. The highest BCUT2D eigenvalue weighted by atomic mass is 19.4. The molecule has 0 heterocycles. The van der Waals surface area contributed by atoms with Crippen molar-refractivity contribution in [1.82, 2.24) is 10.6 Å². The predicted molar refractivity (Wildman–Crippen MR) is 55.6 cm³/mol. The van der Waals surface area contributed by atoms with Gasteiger partial charge in [0.05, 0.1) is 0 Å². The van der Waals surface area contributed by atoms with Crippen LogP contribution in [-0.2, 0) is 4.74 Å². The number of carbonyl (C=O) groups is 1. The maximum Gasteiger partial charge on any atom is 0.407 e. The van der Waals surface area contributed by atoms with Gasteiger partial charge in [0.2, 0.25) is 0 Å². The van der Waals surface area contributed by atoms with E-state index < -0.39 is 18.8 Å². The van der Waals surface area contributed by atoms with Gasteiger partial charge in [0.1, 0.15) is 12.6 Å². The third-order valence-electron chi connectivity index (χ3n) is 2.76. The Bertz CT molecular complexity index is 258. The van der Waals surface area contributed by atoms with Gasteiger partial charge in [-0.3, -0.25) is 0 Å². The molecule has 0 aromatic heterocycles. The van der Waals surface area contributed by atoms with Gasteiger partial charge in [-0.1, -0.05) is 6.42 Å². The molecule has 0 aliphatic heterocycles. The van der Waals surface area contributed by atoms with E-state index in [9.17, 15) is 18.0 Å². The molecule has 1 amide bonds. The summed E-state index contributed by atoms with van der Waals surface area (Å²) in [4.78, 5) is 11.2. The van der Waals surface area contributed by atoms with Gasteiger partial charge in [-0.25, -0.2) is 4.79 Å². The number of carbonyl (C=O) groups excluding carboxylic acids is 1. The summed E-state index contributed by atoms with van der Waals surface area (Å²) in [7, 11) is 1.75. The second-order valence-electron chi connectivity index (χ2n) is 4.09. The number of alkyl carbamates (subject to hydrolysis) is 1. The van der Waals surface area contributed by atoms with E-state index in [0.29, 0.717) is 6.42 Å². The fraction of sp³-hybridized carbons (Fsp3) is 0.900. The van der Waals surface area contributed by atoms with E-state index in [0.717, 1.165) is 19.3 Å². The second kappa shape index (κ2) is 6.09. The zero-order valence-corrected chi connectivity index (χ0v) is 9.64. The van der Waals surface area contributed by atoms with Gasteiger partial charge in [0, 0.05) is 6.04 Å². The molecule has 17 heavy (non-hydrogen) atoms. The first-order valence-electron chi connectivity index (χ1n) is 5.61. The molecule has 0 spiro atoms. The summed E-state index contributed by atoms with van der Waals surface area (Å²) in [6.45, 7) is -1.36. The number of alkyl halides is 3. The molecular formula is C10H17F3N2O2. The molecule has 2 N–H and O–H groups in total. The first kappa shape index (κ1) is 14.1. The van der Waals surface area contributed by atoms with E-state index in [1.54, 1.807) is 12.4 Å². The summed E-state index contributed by atoms with van der Waals surface area (Å²) in [6.07, 6.45) is -2.24. The smallest absolute Gasteiger partial charge is 0.407 e. The standard InChI is InChI=1S/C10H17F3N2O2/c1-14-7-4-2-3-5-8(7)17-9(16)15-6-10(11,12)13/h7-8,14H,2-6H2,1H3,(H,15,16). The Balaban J connectivity index is 2.33. The lowest BCUT2D eigenvalue weighted by molar-refractivity contribution is -0.124. The maximum absolute atomic E-state index is 11.9. The van der Waals surface area contributed by atoms with Crippen molar-refractivity contribution in [1.29, 1.82) is 0 Å². The van der Waals surface area contributed by atoms with Crippen molar-refractivity contribution in [3.8, 4) is 0 Å². The van der Waals surface area contributed by atoms with Gasteiger partial charge in [0.15, 0.2) is 0 Å². The zero-order valence-electron chi connectivity index (χ0n) is 9.64. The van der Waals surface area contributed by atoms with Crippen LogP contribution in [0.4, 0.5) is 18.0 Å². The summed E-state index contributed by atoms with van der Waals surface area (Å²) in [5.41, 5.74) is 0. The van der Waals surface area contributed by atoms with Crippen molar-refractivity contribution < 1.29 is 22.7 Å².